The molecule has 0 radical (unpaired) electrons. The maximum Gasteiger partial charge on any atom is 0.134 e. The van der Waals surface area contributed by atoms with E-state index in [4.69, 9.17) is 16.3 Å². The highest BCUT2D eigenvalue weighted by molar-refractivity contribution is 7.81. The molecular formula is C24H29ClN2O2S. The summed E-state index contributed by atoms with van der Waals surface area (Å²) in [5.74, 6) is 0.482. The molecule has 1 aromatic heterocycles. The lowest BCUT2D eigenvalue weighted by Gasteiger charge is -2.21. The second-order valence-electron chi connectivity index (χ2n) is 8.07. The Bertz CT molecular complexity index is 1070. The lowest BCUT2D eigenvalue weighted by atomic mass is 9.88. The first-order valence-corrected chi connectivity index (χ1v) is 10.9. The van der Waals surface area contributed by atoms with Gasteiger partial charge in [0.2, 0.25) is 0 Å². The van der Waals surface area contributed by atoms with Crippen LogP contribution in [0.5, 0.6) is 0 Å². The molecule has 0 amide bonds. The van der Waals surface area contributed by atoms with Crippen molar-refractivity contribution < 1.29 is 9.53 Å². The molecule has 1 heterocycles. The molecule has 2 aromatic carbocycles. The standard InChI is InChI=1S/C24H29ClN2O2S/c1-14(13-29-5)12-27-15(2)10-21-22(18-6-8-19(25)9-7-18)20(11-16(3)28)17(4)23(26-30)24(21)27/h6-10,14,26,30H,11-13H2,1-5H3. The number of rotatable bonds is 8. The van der Waals surface area contributed by atoms with E-state index >= 15 is 0 Å². The van der Waals surface area contributed by atoms with E-state index in [1.807, 2.05) is 24.3 Å². The largest absolute Gasteiger partial charge is 0.384 e. The predicted octanol–water partition coefficient (Wildman–Crippen LogP) is 6.25. The highest BCUT2D eigenvalue weighted by Crippen LogP contribution is 2.42. The number of hydrogen-bond donors (Lipinski definition) is 2. The number of aryl methyl sites for hydroxylation is 1. The molecule has 1 N–H and O–H groups in total. The van der Waals surface area contributed by atoms with Gasteiger partial charge in [0.25, 0.3) is 0 Å². The van der Waals surface area contributed by atoms with Crippen molar-refractivity contribution in [1.29, 1.82) is 0 Å². The van der Waals surface area contributed by atoms with Gasteiger partial charge in [0.05, 0.1) is 17.8 Å². The fourth-order valence-corrected chi connectivity index (χ4v) is 4.65. The Hall–Kier alpha value is -1.95. The van der Waals surface area contributed by atoms with Crippen molar-refractivity contribution in [2.24, 2.45) is 5.92 Å². The number of carbonyl (C=O) groups is 1. The van der Waals surface area contributed by atoms with Gasteiger partial charge in [-0.3, -0.25) is 4.79 Å². The summed E-state index contributed by atoms with van der Waals surface area (Å²) in [5.41, 5.74) is 7.40. The fourth-order valence-electron chi connectivity index (χ4n) is 4.25. The van der Waals surface area contributed by atoms with Crippen LogP contribution in [0.15, 0.2) is 30.3 Å². The minimum atomic E-state index is 0.127. The molecule has 0 bridgehead atoms. The van der Waals surface area contributed by atoms with Gasteiger partial charge >= 0.3 is 0 Å². The molecule has 0 aliphatic carbocycles. The summed E-state index contributed by atoms with van der Waals surface area (Å²) in [4.78, 5) is 12.1. The van der Waals surface area contributed by atoms with Crippen molar-refractivity contribution in [2.75, 3.05) is 18.4 Å². The zero-order valence-electron chi connectivity index (χ0n) is 18.2. The second-order valence-corrected chi connectivity index (χ2v) is 8.73. The number of nitrogens with one attached hydrogen (secondary N) is 1. The molecule has 1 unspecified atom stereocenters. The number of nitrogens with zero attached hydrogens (tertiary/aromatic N) is 1. The second kappa shape index (κ2) is 9.46. The molecule has 0 aliphatic heterocycles. The summed E-state index contributed by atoms with van der Waals surface area (Å²) in [5, 5.41) is 1.80. The number of carbonyl (C=O) groups excluding carboxylic acids is 1. The summed E-state index contributed by atoms with van der Waals surface area (Å²) in [6.45, 7) is 9.51. The van der Waals surface area contributed by atoms with Gasteiger partial charge in [0.15, 0.2) is 0 Å². The Morgan fingerprint density at radius 2 is 1.93 bits per heavy atom. The van der Waals surface area contributed by atoms with Gasteiger partial charge in [-0.25, -0.2) is 0 Å². The molecule has 0 saturated carbocycles. The molecule has 6 heteroatoms. The fraction of sp³-hybridized carbons (Fsp3) is 0.375. The molecule has 0 spiro atoms. The van der Waals surface area contributed by atoms with E-state index in [9.17, 15) is 4.79 Å². The number of hydrogen-bond acceptors (Lipinski definition) is 4. The SMILES string of the molecule is COCC(C)Cn1c(C)cc2c(-c3ccc(Cl)cc3)c(CC(C)=O)c(C)c(NS)c21. The van der Waals surface area contributed by atoms with Crippen LogP contribution in [0.1, 0.15) is 30.7 Å². The molecule has 4 nitrogen and oxygen atoms in total. The number of aromatic nitrogens is 1. The summed E-state index contributed by atoms with van der Waals surface area (Å²) < 4.78 is 10.8. The van der Waals surface area contributed by atoms with Crippen molar-refractivity contribution in [3.8, 4) is 11.1 Å². The number of anilines is 1. The monoisotopic (exact) mass is 444 g/mol. The Morgan fingerprint density at radius 3 is 2.50 bits per heavy atom. The minimum absolute atomic E-state index is 0.127. The van der Waals surface area contributed by atoms with Gasteiger partial charge in [0, 0.05) is 36.2 Å². The van der Waals surface area contributed by atoms with Crippen molar-refractivity contribution in [1.82, 2.24) is 4.57 Å². The Kier molecular flexibility index (Phi) is 7.17. The van der Waals surface area contributed by atoms with Crippen LogP contribution in [0.4, 0.5) is 5.69 Å². The van der Waals surface area contributed by atoms with Crippen LogP contribution >= 0.6 is 24.4 Å². The molecule has 1 atom stereocenters. The average molecular weight is 445 g/mol. The lowest BCUT2D eigenvalue weighted by Crippen LogP contribution is -2.14. The molecule has 0 aliphatic rings. The van der Waals surface area contributed by atoms with E-state index in [0.717, 1.165) is 51.1 Å². The summed E-state index contributed by atoms with van der Waals surface area (Å²) in [6.07, 6.45) is 0.368. The Labute approximate surface area is 189 Å². The van der Waals surface area contributed by atoms with Crippen LogP contribution in [0.25, 0.3) is 22.0 Å². The van der Waals surface area contributed by atoms with Crippen molar-refractivity contribution in [2.45, 2.75) is 40.7 Å². The van der Waals surface area contributed by atoms with Gasteiger partial charge in [-0.2, -0.15) is 0 Å². The maximum absolute atomic E-state index is 12.1. The molecule has 160 valence electrons. The van der Waals surface area contributed by atoms with E-state index < -0.39 is 0 Å². The van der Waals surface area contributed by atoms with Gasteiger partial charge < -0.3 is 14.0 Å². The van der Waals surface area contributed by atoms with Crippen LogP contribution in [0.3, 0.4) is 0 Å². The first-order valence-electron chi connectivity index (χ1n) is 10.1. The maximum atomic E-state index is 12.1. The van der Waals surface area contributed by atoms with E-state index in [1.54, 1.807) is 14.0 Å². The van der Waals surface area contributed by atoms with Crippen LogP contribution in [0, 0.1) is 19.8 Å². The number of thiol groups is 1. The van der Waals surface area contributed by atoms with Gasteiger partial charge in [-0.05, 0) is 67.1 Å². The van der Waals surface area contributed by atoms with Crippen molar-refractivity contribution in [3.05, 3.63) is 52.2 Å². The van der Waals surface area contributed by atoms with Crippen LogP contribution in [-0.4, -0.2) is 24.1 Å². The molecule has 0 saturated heterocycles. The quantitative estimate of drug-likeness (QED) is 0.403. The van der Waals surface area contributed by atoms with Gasteiger partial charge in [0.1, 0.15) is 5.78 Å². The Morgan fingerprint density at radius 1 is 1.27 bits per heavy atom. The number of Topliss-reactive ketones (excluding diaryl/α,β-unsaturated/α-hetero) is 1. The number of fused-ring (bicyclic) bond motifs is 1. The summed E-state index contributed by atoms with van der Waals surface area (Å²) >= 11 is 10.6. The molecule has 3 aromatic rings. The van der Waals surface area contributed by atoms with E-state index in [1.165, 1.54) is 0 Å². The van der Waals surface area contributed by atoms with E-state index in [-0.39, 0.29) is 5.78 Å². The normalized spacial score (nSPS) is 12.4. The zero-order chi connectivity index (χ0) is 22.0. The third kappa shape index (κ3) is 4.39. The lowest BCUT2D eigenvalue weighted by molar-refractivity contribution is -0.116. The third-order valence-electron chi connectivity index (χ3n) is 5.56. The first-order chi connectivity index (χ1) is 14.3. The molecular weight excluding hydrogens is 416 g/mol. The van der Waals surface area contributed by atoms with Crippen LogP contribution < -0.4 is 4.72 Å². The Balaban J connectivity index is 2.38. The molecule has 0 fully saturated rings. The summed E-state index contributed by atoms with van der Waals surface area (Å²) in [7, 11) is 1.73. The van der Waals surface area contributed by atoms with Crippen LogP contribution in [-0.2, 0) is 22.5 Å². The van der Waals surface area contributed by atoms with Gasteiger partial charge in [-0.1, -0.05) is 43.5 Å². The highest BCUT2D eigenvalue weighted by Gasteiger charge is 2.23. The van der Waals surface area contributed by atoms with Gasteiger partial charge in [-0.15, -0.1) is 0 Å². The predicted molar refractivity (Wildman–Crippen MR) is 130 cm³/mol. The molecule has 30 heavy (non-hydrogen) atoms. The average Bonchev–Trinajstić information content (AvgIpc) is 2.99. The number of methoxy groups -OCH3 is 1. The van der Waals surface area contributed by atoms with Crippen molar-refractivity contribution >= 4 is 46.8 Å². The zero-order valence-corrected chi connectivity index (χ0v) is 19.8. The number of ketones is 1. The van der Waals surface area contributed by atoms with E-state index in [2.05, 4.69) is 48.9 Å². The topological polar surface area (TPSA) is 43.3 Å². The minimum Gasteiger partial charge on any atom is -0.384 e. The smallest absolute Gasteiger partial charge is 0.134 e. The summed E-state index contributed by atoms with van der Waals surface area (Å²) in [6, 6.07) is 10.0. The van der Waals surface area contributed by atoms with Crippen LogP contribution in [0.2, 0.25) is 5.02 Å². The highest BCUT2D eigenvalue weighted by atomic mass is 35.5. The first kappa shape index (κ1) is 22.7. The number of halogens is 1. The number of ether oxygens (including phenoxy) is 1. The molecule has 3 rings (SSSR count). The third-order valence-corrected chi connectivity index (χ3v) is 6.03. The van der Waals surface area contributed by atoms with Crippen molar-refractivity contribution in [3.63, 3.8) is 0 Å². The number of benzene rings is 2. The van der Waals surface area contributed by atoms with E-state index in [0.29, 0.717) is 24.0 Å².